The van der Waals surface area contributed by atoms with Crippen molar-refractivity contribution in [1.29, 1.82) is 0 Å². The predicted molar refractivity (Wildman–Crippen MR) is 241 cm³/mol. The van der Waals surface area contributed by atoms with Crippen molar-refractivity contribution in [1.82, 2.24) is 50.4 Å². The van der Waals surface area contributed by atoms with Crippen molar-refractivity contribution < 1.29 is 14.3 Å². The Kier molecular flexibility index (Phi) is 20.0. The largest absolute Gasteiger partial charge is 0.448 e. The van der Waals surface area contributed by atoms with Crippen molar-refractivity contribution in [3.63, 3.8) is 0 Å². The van der Waals surface area contributed by atoms with Gasteiger partial charge in [-0.05, 0) is 68.7 Å². The van der Waals surface area contributed by atoms with Gasteiger partial charge in [0.1, 0.15) is 6.61 Å². The van der Waals surface area contributed by atoms with E-state index < -0.39 is 6.09 Å². The van der Waals surface area contributed by atoms with Crippen LogP contribution in [0.5, 0.6) is 0 Å². The van der Waals surface area contributed by atoms with Crippen LogP contribution in [0, 0.1) is 0 Å². The van der Waals surface area contributed by atoms with Gasteiger partial charge in [0.2, 0.25) is 11.6 Å². The molecule has 0 fully saturated rings. The molecule has 0 saturated heterocycles. The van der Waals surface area contributed by atoms with Gasteiger partial charge in [0.25, 0.3) is 0 Å². The second-order valence-electron chi connectivity index (χ2n) is 13.3. The molecule has 4 aromatic heterocycles. The maximum atomic E-state index is 12.2. The summed E-state index contributed by atoms with van der Waals surface area (Å²) in [5.74, 6) is 1.61. The van der Waals surface area contributed by atoms with Crippen LogP contribution in [0.25, 0.3) is 33.5 Å². The van der Waals surface area contributed by atoms with Crippen molar-refractivity contribution in [2.24, 2.45) is 0 Å². The number of alkyl carbamates (subject to hydrolysis) is 1. The van der Waals surface area contributed by atoms with E-state index in [9.17, 15) is 9.59 Å². The Labute approximate surface area is 354 Å². The van der Waals surface area contributed by atoms with E-state index in [4.69, 9.17) is 9.72 Å². The van der Waals surface area contributed by atoms with Crippen LogP contribution in [0.4, 0.5) is 4.79 Å². The number of aromatic nitrogens is 8. The van der Waals surface area contributed by atoms with E-state index in [1.807, 2.05) is 30.5 Å². The third-order valence-corrected chi connectivity index (χ3v) is 11.1. The van der Waals surface area contributed by atoms with Gasteiger partial charge < -0.3 is 15.4 Å². The molecule has 0 bridgehead atoms. The molecule has 59 heavy (non-hydrogen) atoms. The van der Waals surface area contributed by atoms with E-state index in [0.717, 1.165) is 78.5 Å². The molecule has 0 radical (unpaired) electrons. The number of rotatable bonds is 26. The minimum atomic E-state index is -0.473. The number of nitrogens with one attached hydrogen (secondary N) is 2. The second-order valence-corrected chi connectivity index (χ2v) is 16.0. The van der Waals surface area contributed by atoms with Gasteiger partial charge in [-0.2, -0.15) is 5.10 Å². The number of allylic oxidation sites excluding steroid dienone is 10. The number of amides is 2. The number of unbranched alkanes of at least 4 members (excludes halogenated alkanes) is 1. The smallest absolute Gasteiger partial charge is 0.407 e. The molecule has 0 saturated carbocycles. The van der Waals surface area contributed by atoms with Crippen molar-refractivity contribution in [2.45, 2.75) is 71.4 Å². The first kappa shape index (κ1) is 44.6. The highest BCUT2D eigenvalue weighted by molar-refractivity contribution is 8.76. The van der Waals surface area contributed by atoms with Crippen molar-refractivity contribution in [3.05, 3.63) is 121 Å². The third kappa shape index (κ3) is 16.7. The summed E-state index contributed by atoms with van der Waals surface area (Å²) in [4.78, 5) is 37.9. The first-order valence-corrected chi connectivity index (χ1v) is 22.7. The quantitative estimate of drug-likeness (QED) is 0.0312. The summed E-state index contributed by atoms with van der Waals surface area (Å²) in [7, 11) is 3.31. The van der Waals surface area contributed by atoms with Gasteiger partial charge >= 0.3 is 6.09 Å². The first-order chi connectivity index (χ1) is 29.1. The van der Waals surface area contributed by atoms with Crippen LogP contribution in [0.1, 0.15) is 63.9 Å². The molecule has 0 atom stereocenters. The number of ether oxygens (including phenoxy) is 1. The van der Waals surface area contributed by atoms with Gasteiger partial charge in [-0.3, -0.25) is 14.5 Å². The number of carbonyl (C=O) groups is 2. The number of carbonyl (C=O) groups excluding carboxylic acids is 2. The molecule has 310 valence electrons. The Hall–Kier alpha value is -5.54. The Balaban J connectivity index is 0.849. The number of fused-ring (bicyclic) bond motifs is 2. The molecule has 0 spiro atoms. The van der Waals surface area contributed by atoms with E-state index >= 15 is 0 Å². The van der Waals surface area contributed by atoms with Gasteiger partial charge in [0.05, 0.1) is 36.7 Å². The van der Waals surface area contributed by atoms with Gasteiger partial charge in [-0.25, -0.2) is 19.4 Å². The molecule has 4 heterocycles. The Morgan fingerprint density at radius 3 is 2.34 bits per heavy atom. The van der Waals surface area contributed by atoms with E-state index in [1.165, 1.54) is 0 Å². The van der Waals surface area contributed by atoms with Crippen LogP contribution < -0.4 is 10.6 Å². The SMILES string of the molecule is CCC=CCC=CCC=CCC=CCC=CCCCC(=O)NCCSSCCNC(=O)OCCn1cc(-c2cnc3nnn(Cc4ccc5ncccc5c4)c3n2)cn1. The summed E-state index contributed by atoms with van der Waals surface area (Å²) in [5, 5.41) is 19.7. The number of nitrogens with zero attached hydrogens (tertiary/aromatic N) is 8. The van der Waals surface area contributed by atoms with E-state index in [-0.39, 0.29) is 12.5 Å². The highest BCUT2D eigenvalue weighted by atomic mass is 33.1. The molecule has 2 amide bonds. The standard InChI is InChI=1S/C44H54N10O3S2/c1-2-3-4-5-6-7-8-9-10-11-12-13-14-15-16-17-18-21-41(55)46-25-29-58-59-30-26-47-44(56)57-28-27-53-35-38(32-49-53)40-33-48-42-43(50-40)54(52-51-42)34-36-22-23-39-37(31-36)20-19-24-45-39/h3-4,6-7,9-10,12-13,15-16,19-20,22-24,31-33,35H,2,5,8,11,14,17-18,21,25-30,34H2,1H3,(H,46,55)(H,47,56). The van der Waals surface area contributed by atoms with Crippen LogP contribution in [0.3, 0.4) is 0 Å². The summed E-state index contributed by atoms with van der Waals surface area (Å²) >= 11 is 0. The minimum absolute atomic E-state index is 0.0848. The molecule has 2 N–H and O–H groups in total. The van der Waals surface area contributed by atoms with E-state index in [1.54, 1.807) is 49.5 Å². The van der Waals surface area contributed by atoms with Gasteiger partial charge in [-0.1, -0.05) is 107 Å². The molecular formula is C44H54N10O3S2. The highest BCUT2D eigenvalue weighted by Gasteiger charge is 2.13. The van der Waals surface area contributed by atoms with Crippen LogP contribution >= 0.6 is 21.6 Å². The number of benzene rings is 1. The normalized spacial score (nSPS) is 12.1. The molecule has 0 aliphatic carbocycles. The van der Waals surface area contributed by atoms with Crippen molar-refractivity contribution in [3.8, 4) is 11.3 Å². The molecule has 0 aliphatic heterocycles. The Bertz CT molecular complexity index is 2190. The summed E-state index contributed by atoms with van der Waals surface area (Å²) in [5.41, 5.74) is 4.44. The van der Waals surface area contributed by atoms with Crippen LogP contribution in [-0.2, 0) is 22.6 Å². The van der Waals surface area contributed by atoms with Gasteiger partial charge in [0, 0.05) is 54.4 Å². The van der Waals surface area contributed by atoms with Crippen LogP contribution in [-0.4, -0.2) is 82.9 Å². The zero-order valence-corrected chi connectivity index (χ0v) is 35.3. The van der Waals surface area contributed by atoms with Crippen molar-refractivity contribution >= 4 is 55.8 Å². The van der Waals surface area contributed by atoms with Crippen molar-refractivity contribution in [2.75, 3.05) is 31.2 Å². The maximum absolute atomic E-state index is 12.2. The van der Waals surface area contributed by atoms with Gasteiger partial charge in [-0.15, -0.1) is 5.10 Å². The summed E-state index contributed by atoms with van der Waals surface area (Å²) in [6, 6.07) is 10.0. The Morgan fingerprint density at radius 2 is 1.58 bits per heavy atom. The summed E-state index contributed by atoms with van der Waals surface area (Å²) in [6.07, 6.45) is 35.6. The number of hydrogen-bond acceptors (Lipinski definition) is 11. The predicted octanol–water partition coefficient (Wildman–Crippen LogP) is 8.83. The van der Waals surface area contributed by atoms with Crippen LogP contribution in [0.15, 0.2) is 116 Å². The lowest BCUT2D eigenvalue weighted by molar-refractivity contribution is -0.121. The molecule has 15 heteroatoms. The van der Waals surface area contributed by atoms with E-state index in [2.05, 4.69) is 110 Å². The molecule has 0 aliphatic rings. The molecular weight excluding hydrogens is 781 g/mol. The third-order valence-electron chi connectivity index (χ3n) is 8.69. The monoisotopic (exact) mass is 834 g/mol. The zero-order valence-electron chi connectivity index (χ0n) is 33.7. The second kappa shape index (κ2) is 26.5. The lowest BCUT2D eigenvalue weighted by Gasteiger charge is -2.07. The fraction of sp³-hybridized carbons (Fsp3) is 0.364. The van der Waals surface area contributed by atoms with E-state index in [0.29, 0.717) is 49.6 Å². The zero-order chi connectivity index (χ0) is 41.2. The summed E-state index contributed by atoms with van der Waals surface area (Å²) < 4.78 is 8.77. The van der Waals surface area contributed by atoms with Crippen LogP contribution in [0.2, 0.25) is 0 Å². The maximum Gasteiger partial charge on any atom is 0.407 e. The molecule has 0 unspecified atom stereocenters. The lowest BCUT2D eigenvalue weighted by Crippen LogP contribution is -2.27. The Morgan fingerprint density at radius 1 is 0.847 bits per heavy atom. The fourth-order valence-corrected chi connectivity index (χ4v) is 7.49. The topological polar surface area (TPSA) is 155 Å². The molecule has 1 aromatic carbocycles. The minimum Gasteiger partial charge on any atom is -0.448 e. The number of pyridine rings is 1. The molecule has 13 nitrogen and oxygen atoms in total. The fourth-order valence-electron chi connectivity index (χ4n) is 5.68. The first-order valence-electron chi connectivity index (χ1n) is 20.2. The number of hydrogen-bond donors (Lipinski definition) is 2. The summed E-state index contributed by atoms with van der Waals surface area (Å²) in [6.45, 7) is 4.29. The average Bonchev–Trinajstić information content (AvgIpc) is 3.89. The molecule has 5 aromatic rings. The average molecular weight is 835 g/mol. The highest BCUT2D eigenvalue weighted by Crippen LogP contribution is 2.20. The van der Waals surface area contributed by atoms with Gasteiger partial charge in [0.15, 0.2) is 5.65 Å². The lowest BCUT2D eigenvalue weighted by atomic mass is 10.1. The molecule has 5 rings (SSSR count).